The van der Waals surface area contributed by atoms with Crippen molar-refractivity contribution < 1.29 is 0 Å². The van der Waals surface area contributed by atoms with Crippen molar-refractivity contribution in [1.29, 1.82) is 0 Å². The van der Waals surface area contributed by atoms with Crippen LogP contribution >= 0.6 is 11.3 Å². The van der Waals surface area contributed by atoms with Crippen molar-refractivity contribution in [1.82, 2.24) is 9.55 Å². The monoisotopic (exact) mass is 446 g/mol. The van der Waals surface area contributed by atoms with E-state index in [2.05, 4.69) is 116 Å². The molecule has 4 aromatic carbocycles. The van der Waals surface area contributed by atoms with Gasteiger partial charge in [0.15, 0.2) is 0 Å². The van der Waals surface area contributed by atoms with Crippen molar-refractivity contribution in [2.75, 3.05) is 0 Å². The van der Waals surface area contributed by atoms with E-state index < -0.39 is 0 Å². The molecular weight excluding hydrogens is 420 g/mol. The van der Waals surface area contributed by atoms with Gasteiger partial charge in [-0.05, 0) is 58.5 Å². The van der Waals surface area contributed by atoms with Gasteiger partial charge >= 0.3 is 0 Å². The molecule has 6 aromatic rings. The minimum atomic E-state index is 0.276. The van der Waals surface area contributed by atoms with Crippen LogP contribution in [0.2, 0.25) is 0 Å². The topological polar surface area (TPSA) is 17.8 Å². The van der Waals surface area contributed by atoms with Crippen LogP contribution < -0.4 is 0 Å². The molecule has 0 saturated carbocycles. The maximum absolute atomic E-state index is 5.11. The Labute approximate surface area is 198 Å². The zero-order chi connectivity index (χ0) is 22.6. The van der Waals surface area contributed by atoms with Crippen LogP contribution in [0.5, 0.6) is 0 Å². The number of para-hydroxylation sites is 2. The Morgan fingerprint density at radius 3 is 2.45 bits per heavy atom. The number of hydrogen-bond donors (Lipinski definition) is 0. The molecule has 0 bridgehead atoms. The zero-order valence-corrected chi connectivity index (χ0v) is 20.0. The molecule has 33 heavy (non-hydrogen) atoms. The third-order valence-electron chi connectivity index (χ3n) is 6.17. The molecule has 0 aliphatic carbocycles. The van der Waals surface area contributed by atoms with E-state index >= 15 is 0 Å². The van der Waals surface area contributed by atoms with Gasteiger partial charge in [0.05, 0.1) is 11.0 Å². The summed E-state index contributed by atoms with van der Waals surface area (Å²) in [6.45, 7) is 6.88. The van der Waals surface area contributed by atoms with E-state index in [1.165, 1.54) is 32.0 Å². The van der Waals surface area contributed by atoms with E-state index in [9.17, 15) is 0 Å². The van der Waals surface area contributed by atoms with Gasteiger partial charge in [0.1, 0.15) is 5.82 Å². The predicted molar refractivity (Wildman–Crippen MR) is 143 cm³/mol. The molecule has 2 heterocycles. The van der Waals surface area contributed by atoms with Crippen molar-refractivity contribution >= 4 is 43.2 Å². The van der Waals surface area contributed by atoms with Crippen molar-refractivity contribution in [2.45, 2.75) is 27.2 Å². The highest BCUT2D eigenvalue weighted by Gasteiger charge is 2.18. The van der Waals surface area contributed by atoms with E-state index in [1.54, 1.807) is 0 Å². The van der Waals surface area contributed by atoms with Crippen molar-refractivity contribution in [3.05, 3.63) is 95.9 Å². The molecule has 0 saturated heterocycles. The van der Waals surface area contributed by atoms with Crippen LogP contribution in [0.25, 0.3) is 49.0 Å². The van der Waals surface area contributed by atoms with E-state index in [0.717, 1.165) is 29.0 Å². The molecule has 0 aliphatic rings. The Morgan fingerprint density at radius 2 is 1.61 bits per heavy atom. The second-order valence-electron chi connectivity index (χ2n) is 10.0. The number of imidazole rings is 1. The molecule has 3 heteroatoms. The van der Waals surface area contributed by atoms with Crippen LogP contribution in [0, 0.1) is 5.41 Å². The van der Waals surface area contributed by atoms with Crippen molar-refractivity contribution in [3.63, 3.8) is 0 Å². The summed E-state index contributed by atoms with van der Waals surface area (Å²) in [4.78, 5) is 5.11. The fourth-order valence-corrected chi connectivity index (χ4v) is 5.75. The van der Waals surface area contributed by atoms with Crippen LogP contribution in [0.15, 0.2) is 90.3 Å². The first kappa shape index (κ1) is 20.2. The van der Waals surface area contributed by atoms with E-state index in [-0.39, 0.29) is 5.41 Å². The molecule has 162 valence electrons. The SMILES string of the molecule is CC(C)(C)Cc1ccc2c(-c3nc4ccccc4n3-c3ccc4ccccc4c3)csc2c1. The lowest BCUT2D eigenvalue weighted by Gasteiger charge is -2.18. The summed E-state index contributed by atoms with van der Waals surface area (Å²) < 4.78 is 3.63. The molecule has 2 nitrogen and oxygen atoms in total. The molecule has 0 unspecified atom stereocenters. The third kappa shape index (κ3) is 3.63. The van der Waals surface area contributed by atoms with Gasteiger partial charge in [0.2, 0.25) is 0 Å². The van der Waals surface area contributed by atoms with E-state index in [0.29, 0.717) is 0 Å². The number of fused-ring (bicyclic) bond motifs is 3. The Balaban J connectivity index is 1.56. The summed E-state index contributed by atoms with van der Waals surface area (Å²) in [6.07, 6.45) is 1.08. The van der Waals surface area contributed by atoms with Gasteiger partial charge < -0.3 is 0 Å². The Hall–Kier alpha value is -3.43. The predicted octanol–water partition coefficient (Wildman–Crippen LogP) is 8.65. The van der Waals surface area contributed by atoms with Gasteiger partial charge in [-0.2, -0.15) is 0 Å². The smallest absolute Gasteiger partial charge is 0.147 e. The van der Waals surface area contributed by atoms with Gasteiger partial charge in [-0.25, -0.2) is 4.98 Å². The second-order valence-corrected chi connectivity index (χ2v) is 10.9. The van der Waals surface area contributed by atoms with Gasteiger partial charge in [0, 0.05) is 26.7 Å². The molecule has 0 fully saturated rings. The molecule has 0 atom stereocenters. The number of hydrogen-bond acceptors (Lipinski definition) is 2. The molecule has 0 N–H and O–H groups in total. The lowest BCUT2D eigenvalue weighted by atomic mass is 9.88. The molecule has 0 radical (unpaired) electrons. The quantitative estimate of drug-likeness (QED) is 0.266. The van der Waals surface area contributed by atoms with E-state index in [4.69, 9.17) is 4.98 Å². The second kappa shape index (κ2) is 7.57. The lowest BCUT2D eigenvalue weighted by Crippen LogP contribution is -2.08. The Bertz CT molecular complexity index is 1630. The molecule has 0 spiro atoms. The van der Waals surface area contributed by atoms with Gasteiger partial charge in [0.25, 0.3) is 0 Å². The van der Waals surface area contributed by atoms with Crippen LogP contribution in [0.3, 0.4) is 0 Å². The summed E-state index contributed by atoms with van der Waals surface area (Å²) in [5, 5.41) is 6.03. The summed E-state index contributed by atoms with van der Waals surface area (Å²) in [7, 11) is 0. The number of rotatable bonds is 3. The molecule has 6 rings (SSSR count). The van der Waals surface area contributed by atoms with Gasteiger partial charge in [-0.3, -0.25) is 4.57 Å². The third-order valence-corrected chi connectivity index (χ3v) is 7.11. The standard InChI is InChI=1S/C30H26N2S/c1-30(2,3)18-20-12-15-24-25(19-33-28(24)16-20)29-31-26-10-6-7-11-27(26)32(29)23-14-13-21-8-4-5-9-22(21)17-23/h4-17,19H,18H2,1-3H3. The molecule has 0 aliphatic heterocycles. The average molecular weight is 447 g/mol. The maximum Gasteiger partial charge on any atom is 0.147 e. The largest absolute Gasteiger partial charge is 0.292 e. The van der Waals surface area contributed by atoms with Crippen molar-refractivity contribution in [2.24, 2.45) is 5.41 Å². The first-order valence-electron chi connectivity index (χ1n) is 11.4. The first-order chi connectivity index (χ1) is 16.0. The fraction of sp³-hybridized carbons (Fsp3) is 0.167. The van der Waals surface area contributed by atoms with Crippen LogP contribution in [-0.4, -0.2) is 9.55 Å². The van der Waals surface area contributed by atoms with Crippen LogP contribution in [-0.2, 0) is 6.42 Å². The fourth-order valence-electron chi connectivity index (χ4n) is 4.75. The van der Waals surface area contributed by atoms with Gasteiger partial charge in [-0.15, -0.1) is 11.3 Å². The van der Waals surface area contributed by atoms with Crippen LogP contribution in [0.1, 0.15) is 26.3 Å². The van der Waals surface area contributed by atoms with Crippen molar-refractivity contribution in [3.8, 4) is 17.1 Å². The van der Waals surface area contributed by atoms with Gasteiger partial charge in [-0.1, -0.05) is 75.4 Å². The minimum absolute atomic E-state index is 0.276. The Kier molecular flexibility index (Phi) is 4.63. The average Bonchev–Trinajstić information content (AvgIpc) is 3.38. The first-order valence-corrected chi connectivity index (χ1v) is 12.3. The normalized spacial score (nSPS) is 12.2. The summed E-state index contributed by atoms with van der Waals surface area (Å²) in [6, 6.07) is 30.5. The van der Waals surface area contributed by atoms with E-state index in [1.807, 2.05) is 11.3 Å². The number of benzene rings is 4. The maximum atomic E-state index is 5.11. The number of nitrogens with zero attached hydrogens (tertiary/aromatic N) is 2. The number of aromatic nitrogens is 2. The highest BCUT2D eigenvalue weighted by atomic mass is 32.1. The van der Waals surface area contributed by atoms with Crippen LogP contribution in [0.4, 0.5) is 0 Å². The lowest BCUT2D eigenvalue weighted by molar-refractivity contribution is 0.411. The highest BCUT2D eigenvalue weighted by Crippen LogP contribution is 2.38. The summed E-state index contributed by atoms with van der Waals surface area (Å²) in [5.74, 6) is 1.00. The molecule has 0 amide bonds. The highest BCUT2D eigenvalue weighted by molar-refractivity contribution is 7.17. The summed E-state index contributed by atoms with van der Waals surface area (Å²) in [5.41, 5.74) is 6.16. The zero-order valence-electron chi connectivity index (χ0n) is 19.2. The number of thiophene rings is 1. The minimum Gasteiger partial charge on any atom is -0.292 e. The Morgan fingerprint density at radius 1 is 0.818 bits per heavy atom. The molecular formula is C30H26N2S. The summed E-state index contributed by atoms with van der Waals surface area (Å²) >= 11 is 1.81. The molecule has 2 aromatic heterocycles.